The van der Waals surface area contributed by atoms with Gasteiger partial charge in [0, 0.05) is 5.56 Å². The Balaban J connectivity index is 1.40. The van der Waals surface area contributed by atoms with Gasteiger partial charge < -0.3 is 18.9 Å². The lowest BCUT2D eigenvalue weighted by atomic mass is 10.1. The molecule has 1 N–H and O–H groups in total. The molecule has 0 saturated heterocycles. The molecule has 0 atom stereocenters. The summed E-state index contributed by atoms with van der Waals surface area (Å²) in [4.78, 5) is 12.1. The van der Waals surface area contributed by atoms with Crippen LogP contribution in [0.2, 0.25) is 0 Å². The number of benzene rings is 2. The van der Waals surface area contributed by atoms with Gasteiger partial charge in [-0.3, -0.25) is 4.79 Å². The summed E-state index contributed by atoms with van der Waals surface area (Å²) in [6, 6.07) is 11.0. The summed E-state index contributed by atoms with van der Waals surface area (Å²) >= 11 is 0. The molecule has 0 fully saturated rings. The maximum atomic E-state index is 12.1. The van der Waals surface area contributed by atoms with Gasteiger partial charge in [0.2, 0.25) is 12.7 Å². The Morgan fingerprint density at radius 2 is 1.65 bits per heavy atom. The second-order valence-electron chi connectivity index (χ2n) is 5.96. The van der Waals surface area contributed by atoms with Gasteiger partial charge in [0.15, 0.2) is 23.0 Å². The predicted molar refractivity (Wildman–Crippen MR) is 94.1 cm³/mol. The maximum absolute atomic E-state index is 12.1. The third-order valence-electron chi connectivity index (χ3n) is 4.11. The van der Waals surface area contributed by atoms with E-state index >= 15 is 0 Å². The molecule has 1 amide bonds. The van der Waals surface area contributed by atoms with Gasteiger partial charge in [0.05, 0.1) is 12.1 Å². The highest BCUT2D eigenvalue weighted by Gasteiger charge is 2.15. The van der Waals surface area contributed by atoms with Crippen LogP contribution in [-0.2, 0) is 11.2 Å². The Labute approximate surface area is 150 Å². The number of fused-ring (bicyclic) bond motifs is 2. The van der Waals surface area contributed by atoms with Crippen LogP contribution in [0.25, 0.3) is 0 Å². The van der Waals surface area contributed by atoms with Gasteiger partial charge in [-0.1, -0.05) is 6.07 Å². The first-order valence-electron chi connectivity index (χ1n) is 8.31. The predicted octanol–water partition coefficient (Wildman–Crippen LogP) is 2.27. The SMILES string of the molecule is C/C(=N/NC(=O)Cc1ccc2c(c1)OCO2)c1ccc2c(c1)OCCO2. The number of rotatable bonds is 4. The largest absolute Gasteiger partial charge is 0.486 e. The topological polar surface area (TPSA) is 78.4 Å². The van der Waals surface area contributed by atoms with E-state index in [1.54, 1.807) is 12.1 Å². The Morgan fingerprint density at radius 3 is 2.54 bits per heavy atom. The Kier molecular flexibility index (Phi) is 4.35. The van der Waals surface area contributed by atoms with Crippen molar-refractivity contribution in [2.75, 3.05) is 20.0 Å². The fourth-order valence-electron chi connectivity index (χ4n) is 2.75. The number of hydrogen-bond donors (Lipinski definition) is 1. The van der Waals surface area contributed by atoms with Crippen LogP contribution in [-0.4, -0.2) is 31.6 Å². The number of ether oxygens (including phenoxy) is 4. The summed E-state index contributed by atoms with van der Waals surface area (Å²) in [7, 11) is 0. The van der Waals surface area contributed by atoms with Crippen LogP contribution in [0.3, 0.4) is 0 Å². The van der Waals surface area contributed by atoms with Crippen LogP contribution in [0.15, 0.2) is 41.5 Å². The maximum Gasteiger partial charge on any atom is 0.244 e. The quantitative estimate of drug-likeness (QED) is 0.673. The number of carbonyl (C=O) groups is 1. The molecule has 7 nitrogen and oxygen atoms in total. The second kappa shape index (κ2) is 6.95. The molecule has 2 aromatic carbocycles. The van der Waals surface area contributed by atoms with E-state index in [1.165, 1.54) is 0 Å². The van der Waals surface area contributed by atoms with E-state index in [9.17, 15) is 4.79 Å². The molecule has 4 rings (SSSR count). The summed E-state index contributed by atoms with van der Waals surface area (Å²) in [5.74, 6) is 2.56. The van der Waals surface area contributed by atoms with Crippen molar-refractivity contribution in [1.82, 2.24) is 5.43 Å². The molecule has 2 aromatic rings. The first-order valence-corrected chi connectivity index (χ1v) is 8.31. The molecule has 134 valence electrons. The zero-order valence-electron chi connectivity index (χ0n) is 14.3. The molecule has 2 aliphatic heterocycles. The molecule has 7 heteroatoms. The third-order valence-corrected chi connectivity index (χ3v) is 4.11. The van der Waals surface area contributed by atoms with Crippen molar-refractivity contribution < 1.29 is 23.7 Å². The molecule has 0 spiro atoms. The monoisotopic (exact) mass is 354 g/mol. The van der Waals surface area contributed by atoms with Crippen LogP contribution in [0, 0.1) is 0 Å². The number of nitrogens with zero attached hydrogens (tertiary/aromatic N) is 1. The summed E-state index contributed by atoms with van der Waals surface area (Å²) < 4.78 is 21.6. The summed E-state index contributed by atoms with van der Waals surface area (Å²) in [5, 5.41) is 4.18. The van der Waals surface area contributed by atoms with E-state index in [-0.39, 0.29) is 19.1 Å². The normalized spacial score (nSPS) is 14.9. The van der Waals surface area contributed by atoms with Gasteiger partial charge in [-0.25, -0.2) is 5.43 Å². The lowest BCUT2D eigenvalue weighted by molar-refractivity contribution is -0.120. The number of hydrogen-bond acceptors (Lipinski definition) is 6. The number of hydrazone groups is 1. The van der Waals surface area contributed by atoms with Crippen molar-refractivity contribution in [2.24, 2.45) is 5.10 Å². The molecule has 0 bridgehead atoms. The summed E-state index contributed by atoms with van der Waals surface area (Å²) in [6.45, 7) is 3.12. The van der Waals surface area contributed by atoms with E-state index in [1.807, 2.05) is 31.2 Å². The Morgan fingerprint density at radius 1 is 0.962 bits per heavy atom. The molecular weight excluding hydrogens is 336 g/mol. The van der Waals surface area contributed by atoms with Gasteiger partial charge in [0.25, 0.3) is 0 Å². The molecule has 2 heterocycles. The number of amides is 1. The van der Waals surface area contributed by atoms with Gasteiger partial charge in [-0.2, -0.15) is 5.10 Å². The second-order valence-corrected chi connectivity index (χ2v) is 5.96. The molecular formula is C19H18N2O5. The van der Waals surface area contributed by atoms with Gasteiger partial charge in [-0.05, 0) is 42.8 Å². The molecule has 0 aliphatic carbocycles. The third kappa shape index (κ3) is 3.42. The minimum absolute atomic E-state index is 0.203. The highest BCUT2D eigenvalue weighted by Crippen LogP contribution is 2.33. The van der Waals surface area contributed by atoms with Gasteiger partial charge in [-0.15, -0.1) is 0 Å². The fourth-order valence-corrected chi connectivity index (χ4v) is 2.75. The molecule has 26 heavy (non-hydrogen) atoms. The minimum Gasteiger partial charge on any atom is -0.486 e. The van der Waals surface area contributed by atoms with E-state index in [0.29, 0.717) is 36.2 Å². The van der Waals surface area contributed by atoms with Crippen molar-refractivity contribution in [3.8, 4) is 23.0 Å². The van der Waals surface area contributed by atoms with Crippen molar-refractivity contribution in [1.29, 1.82) is 0 Å². The van der Waals surface area contributed by atoms with E-state index in [2.05, 4.69) is 10.5 Å². The zero-order valence-corrected chi connectivity index (χ0v) is 14.3. The molecule has 0 aromatic heterocycles. The van der Waals surface area contributed by atoms with Crippen LogP contribution in [0.1, 0.15) is 18.1 Å². The fraction of sp³-hybridized carbons (Fsp3) is 0.263. The van der Waals surface area contributed by atoms with E-state index in [0.717, 1.165) is 16.9 Å². The number of carbonyl (C=O) groups excluding carboxylic acids is 1. The average molecular weight is 354 g/mol. The average Bonchev–Trinajstić information content (AvgIpc) is 3.13. The molecule has 0 radical (unpaired) electrons. The molecule has 0 saturated carbocycles. The van der Waals surface area contributed by atoms with E-state index < -0.39 is 0 Å². The first-order chi connectivity index (χ1) is 12.7. The van der Waals surface area contributed by atoms with Gasteiger partial charge in [0.1, 0.15) is 13.2 Å². The highest BCUT2D eigenvalue weighted by atomic mass is 16.7. The summed E-state index contributed by atoms with van der Waals surface area (Å²) in [6.07, 6.45) is 0.203. The molecule has 0 unspecified atom stereocenters. The lowest BCUT2D eigenvalue weighted by Crippen LogP contribution is -2.21. The lowest BCUT2D eigenvalue weighted by Gasteiger charge is -2.18. The Hall–Kier alpha value is -3.22. The van der Waals surface area contributed by atoms with Crippen LogP contribution < -0.4 is 24.4 Å². The minimum atomic E-state index is -0.208. The van der Waals surface area contributed by atoms with Crippen molar-refractivity contribution in [2.45, 2.75) is 13.3 Å². The van der Waals surface area contributed by atoms with E-state index in [4.69, 9.17) is 18.9 Å². The standard InChI is InChI=1S/C19H18N2O5/c1-12(14-3-5-15-18(10-14)24-7-6-23-15)20-21-19(22)9-13-2-4-16-17(8-13)26-11-25-16/h2-5,8,10H,6-7,9,11H2,1H3,(H,21,22)/b20-12-. The summed E-state index contributed by atoms with van der Waals surface area (Å²) in [5.41, 5.74) is 4.95. The highest BCUT2D eigenvalue weighted by molar-refractivity contribution is 5.99. The van der Waals surface area contributed by atoms with Crippen molar-refractivity contribution >= 4 is 11.6 Å². The number of nitrogens with one attached hydrogen (secondary N) is 1. The van der Waals surface area contributed by atoms with Gasteiger partial charge >= 0.3 is 0 Å². The van der Waals surface area contributed by atoms with Crippen molar-refractivity contribution in [3.63, 3.8) is 0 Å². The Bertz CT molecular complexity index is 878. The van der Waals surface area contributed by atoms with Crippen LogP contribution >= 0.6 is 0 Å². The van der Waals surface area contributed by atoms with Crippen LogP contribution in [0.4, 0.5) is 0 Å². The van der Waals surface area contributed by atoms with Crippen LogP contribution in [0.5, 0.6) is 23.0 Å². The first kappa shape index (κ1) is 16.3. The molecule has 2 aliphatic rings. The zero-order chi connectivity index (χ0) is 17.9. The van der Waals surface area contributed by atoms with Crippen molar-refractivity contribution in [3.05, 3.63) is 47.5 Å². The smallest absolute Gasteiger partial charge is 0.244 e.